The van der Waals surface area contributed by atoms with E-state index in [1.807, 2.05) is 6.92 Å². The Balaban J connectivity index is 1.58. The highest BCUT2D eigenvalue weighted by atomic mass is 16.6. The average molecular weight is 476 g/mol. The van der Waals surface area contributed by atoms with Crippen molar-refractivity contribution in [1.29, 1.82) is 0 Å². The van der Waals surface area contributed by atoms with E-state index in [9.17, 15) is 14.4 Å². The molecule has 0 aliphatic rings. The first-order valence-corrected chi connectivity index (χ1v) is 10.8. The zero-order chi connectivity index (χ0) is 25.0. The molecular formula is C26H25N3O6. The third kappa shape index (κ3) is 7.43. The number of hydrogen-bond donors (Lipinski definition) is 2. The highest BCUT2D eigenvalue weighted by Gasteiger charge is 2.14. The van der Waals surface area contributed by atoms with Crippen LogP contribution in [0.25, 0.3) is 0 Å². The summed E-state index contributed by atoms with van der Waals surface area (Å²) in [7, 11) is 1.43. The molecule has 0 aliphatic heterocycles. The number of nitrogens with zero attached hydrogens (tertiary/aromatic N) is 1. The maximum atomic E-state index is 12.5. The topological polar surface area (TPSA) is 115 Å². The van der Waals surface area contributed by atoms with Gasteiger partial charge in [-0.05, 0) is 66.6 Å². The summed E-state index contributed by atoms with van der Waals surface area (Å²) in [6.07, 6.45) is 2.22. The first-order valence-electron chi connectivity index (χ1n) is 10.8. The van der Waals surface area contributed by atoms with Crippen molar-refractivity contribution in [2.24, 2.45) is 5.10 Å². The largest absolute Gasteiger partial charge is 0.494 e. The van der Waals surface area contributed by atoms with Gasteiger partial charge in [0.2, 0.25) is 0 Å². The molecule has 2 N–H and O–H groups in total. The first kappa shape index (κ1) is 25.0. The predicted molar refractivity (Wildman–Crippen MR) is 131 cm³/mol. The van der Waals surface area contributed by atoms with Gasteiger partial charge in [0.05, 0.1) is 25.5 Å². The fourth-order valence-electron chi connectivity index (χ4n) is 2.84. The van der Waals surface area contributed by atoms with Crippen LogP contribution in [0, 0.1) is 0 Å². The molecule has 2 amide bonds. The number of carbonyl (C=O) groups excluding carboxylic acids is 3. The summed E-state index contributed by atoms with van der Waals surface area (Å²) in [6, 6.07) is 20.0. The predicted octanol–water partition coefficient (Wildman–Crippen LogP) is 3.79. The highest BCUT2D eigenvalue weighted by Crippen LogP contribution is 2.28. The fraction of sp³-hybridized carbons (Fsp3) is 0.154. The summed E-state index contributed by atoms with van der Waals surface area (Å²) < 4.78 is 16.3. The normalized spacial score (nSPS) is 10.5. The van der Waals surface area contributed by atoms with E-state index < -0.39 is 17.8 Å². The lowest BCUT2D eigenvalue weighted by atomic mass is 10.2. The lowest BCUT2D eigenvalue weighted by Crippen LogP contribution is -2.32. The molecule has 0 heterocycles. The van der Waals surface area contributed by atoms with E-state index in [-0.39, 0.29) is 5.75 Å². The van der Waals surface area contributed by atoms with Crippen LogP contribution in [-0.2, 0) is 9.59 Å². The first-order chi connectivity index (χ1) is 17.0. The molecule has 3 rings (SSSR count). The van der Waals surface area contributed by atoms with Crippen LogP contribution in [-0.4, -0.2) is 37.7 Å². The Hall–Kier alpha value is -4.66. The Bertz CT molecular complexity index is 1190. The second-order valence-electron chi connectivity index (χ2n) is 7.19. The molecule has 0 unspecified atom stereocenters. The summed E-state index contributed by atoms with van der Waals surface area (Å²) in [5, 5.41) is 6.25. The van der Waals surface area contributed by atoms with E-state index >= 15 is 0 Å². The smallest absolute Gasteiger partial charge is 0.343 e. The molecule has 180 valence electrons. The number of rotatable bonds is 9. The molecule has 9 nitrogen and oxygen atoms in total. The number of methoxy groups -OCH3 is 1. The van der Waals surface area contributed by atoms with E-state index in [0.29, 0.717) is 34.9 Å². The van der Waals surface area contributed by atoms with Crippen molar-refractivity contribution in [1.82, 2.24) is 5.43 Å². The molecule has 0 saturated carbocycles. The van der Waals surface area contributed by atoms with Gasteiger partial charge >= 0.3 is 17.8 Å². The zero-order valence-corrected chi connectivity index (χ0v) is 19.3. The SMILES string of the molecule is CCCOc1ccc(C(=O)Oc2ccc(C=NNC(=O)C(=O)Nc3ccccc3)cc2OC)cc1. The van der Waals surface area contributed by atoms with Crippen LogP contribution in [0.4, 0.5) is 5.69 Å². The average Bonchev–Trinajstić information content (AvgIpc) is 2.88. The van der Waals surface area contributed by atoms with Crippen molar-refractivity contribution in [2.75, 3.05) is 19.0 Å². The van der Waals surface area contributed by atoms with Gasteiger partial charge in [0.1, 0.15) is 5.75 Å². The van der Waals surface area contributed by atoms with Gasteiger partial charge in [0.15, 0.2) is 11.5 Å². The number of amides is 2. The number of hydrazone groups is 1. The lowest BCUT2D eigenvalue weighted by Gasteiger charge is -2.10. The molecule has 0 atom stereocenters. The number of benzene rings is 3. The summed E-state index contributed by atoms with van der Waals surface area (Å²) in [6.45, 7) is 2.61. The van der Waals surface area contributed by atoms with Gasteiger partial charge in [-0.1, -0.05) is 25.1 Å². The summed E-state index contributed by atoms with van der Waals surface area (Å²) in [5.41, 5.74) is 3.55. The summed E-state index contributed by atoms with van der Waals surface area (Å²) in [4.78, 5) is 36.3. The molecule has 0 radical (unpaired) electrons. The maximum Gasteiger partial charge on any atom is 0.343 e. The van der Waals surface area contributed by atoms with Gasteiger partial charge in [0.25, 0.3) is 0 Å². The van der Waals surface area contributed by atoms with Gasteiger partial charge in [-0.2, -0.15) is 5.10 Å². The van der Waals surface area contributed by atoms with Gasteiger partial charge in [-0.3, -0.25) is 9.59 Å². The minimum absolute atomic E-state index is 0.215. The van der Waals surface area contributed by atoms with Crippen LogP contribution >= 0.6 is 0 Å². The molecule has 0 aliphatic carbocycles. The third-order valence-electron chi connectivity index (χ3n) is 4.57. The van der Waals surface area contributed by atoms with Gasteiger partial charge in [-0.15, -0.1) is 0 Å². The second kappa shape index (κ2) is 12.5. The Kier molecular flexibility index (Phi) is 8.95. The van der Waals surface area contributed by atoms with Crippen LogP contribution in [0.2, 0.25) is 0 Å². The van der Waals surface area contributed by atoms with Crippen molar-refractivity contribution < 1.29 is 28.6 Å². The van der Waals surface area contributed by atoms with Gasteiger partial charge in [-0.25, -0.2) is 10.2 Å². The lowest BCUT2D eigenvalue weighted by molar-refractivity contribution is -0.136. The van der Waals surface area contributed by atoms with E-state index in [2.05, 4.69) is 15.8 Å². The van der Waals surface area contributed by atoms with Crippen molar-refractivity contribution >= 4 is 29.7 Å². The Labute approximate surface area is 202 Å². The van der Waals surface area contributed by atoms with Crippen molar-refractivity contribution in [3.63, 3.8) is 0 Å². The number of ether oxygens (including phenoxy) is 3. The van der Waals surface area contributed by atoms with E-state index in [0.717, 1.165) is 6.42 Å². The van der Waals surface area contributed by atoms with Crippen LogP contribution in [0.5, 0.6) is 17.2 Å². The number of carbonyl (C=O) groups is 3. The highest BCUT2D eigenvalue weighted by molar-refractivity contribution is 6.39. The molecule has 0 saturated heterocycles. The van der Waals surface area contributed by atoms with Crippen molar-refractivity contribution in [3.05, 3.63) is 83.9 Å². The monoisotopic (exact) mass is 475 g/mol. The minimum Gasteiger partial charge on any atom is -0.494 e. The van der Waals surface area contributed by atoms with Crippen LogP contribution in [0.15, 0.2) is 77.9 Å². The van der Waals surface area contributed by atoms with Crippen LogP contribution in [0.3, 0.4) is 0 Å². The molecule has 0 fully saturated rings. The minimum atomic E-state index is -0.922. The van der Waals surface area contributed by atoms with E-state index in [1.54, 1.807) is 72.8 Å². The van der Waals surface area contributed by atoms with Gasteiger partial charge < -0.3 is 19.5 Å². The molecule has 9 heteroatoms. The molecule has 0 aromatic heterocycles. The van der Waals surface area contributed by atoms with Crippen LogP contribution in [0.1, 0.15) is 29.3 Å². The number of para-hydroxylation sites is 1. The second-order valence-corrected chi connectivity index (χ2v) is 7.19. The Morgan fingerprint density at radius 3 is 2.34 bits per heavy atom. The third-order valence-corrected chi connectivity index (χ3v) is 4.57. The number of hydrogen-bond acceptors (Lipinski definition) is 7. The van der Waals surface area contributed by atoms with Crippen molar-refractivity contribution in [2.45, 2.75) is 13.3 Å². The number of anilines is 1. The molecule has 3 aromatic carbocycles. The maximum absolute atomic E-state index is 12.5. The summed E-state index contributed by atoms with van der Waals surface area (Å²) in [5.74, 6) is -1.14. The van der Waals surface area contributed by atoms with Crippen molar-refractivity contribution in [3.8, 4) is 17.2 Å². The molecule has 3 aromatic rings. The molecule has 35 heavy (non-hydrogen) atoms. The number of nitrogens with one attached hydrogen (secondary N) is 2. The Morgan fingerprint density at radius 2 is 1.66 bits per heavy atom. The molecule has 0 spiro atoms. The fourth-order valence-corrected chi connectivity index (χ4v) is 2.84. The molecular weight excluding hydrogens is 450 g/mol. The molecule has 0 bridgehead atoms. The standard InChI is InChI=1S/C26H25N3O6/c1-3-15-34-21-12-10-19(11-13-21)26(32)35-22-14-9-18(16-23(22)33-2)17-27-29-25(31)24(30)28-20-7-5-4-6-8-20/h4-14,16-17H,3,15H2,1-2H3,(H,28,30)(H,29,31). The number of esters is 1. The van der Waals surface area contributed by atoms with Gasteiger partial charge in [0, 0.05) is 5.69 Å². The Morgan fingerprint density at radius 1 is 0.914 bits per heavy atom. The summed E-state index contributed by atoms with van der Waals surface area (Å²) >= 11 is 0. The zero-order valence-electron chi connectivity index (χ0n) is 19.3. The van der Waals surface area contributed by atoms with E-state index in [1.165, 1.54) is 13.3 Å². The van der Waals surface area contributed by atoms with Crippen LogP contribution < -0.4 is 25.0 Å². The quantitative estimate of drug-likeness (QED) is 0.160. The van der Waals surface area contributed by atoms with E-state index in [4.69, 9.17) is 14.2 Å².